The lowest BCUT2D eigenvalue weighted by Gasteiger charge is -2.12. The number of halogens is 2. The van der Waals surface area contributed by atoms with Crippen molar-refractivity contribution in [3.63, 3.8) is 0 Å². The highest BCUT2D eigenvalue weighted by Gasteiger charge is 2.24. The van der Waals surface area contributed by atoms with Crippen molar-refractivity contribution in [2.75, 3.05) is 25.0 Å². The van der Waals surface area contributed by atoms with Crippen molar-refractivity contribution < 1.29 is 23.1 Å². The highest BCUT2D eigenvalue weighted by atomic mass is 19.2. The monoisotopic (exact) mass is 256 g/mol. The van der Waals surface area contributed by atoms with Crippen LogP contribution in [0.1, 0.15) is 0 Å². The third-order valence-corrected chi connectivity index (χ3v) is 2.38. The molecule has 0 radical (unpaired) electrons. The molecule has 1 aliphatic rings. The number of nitrogens with zero attached hydrogens (tertiary/aromatic N) is 1. The minimum Gasteiger partial charge on any atom is -0.448 e. The Morgan fingerprint density at radius 2 is 2.17 bits per heavy atom. The van der Waals surface area contributed by atoms with Crippen molar-refractivity contribution in [2.24, 2.45) is 0 Å². The molecule has 0 spiro atoms. The van der Waals surface area contributed by atoms with Crippen molar-refractivity contribution in [1.82, 2.24) is 4.90 Å². The van der Waals surface area contributed by atoms with Crippen LogP contribution in [0.2, 0.25) is 0 Å². The maximum absolute atomic E-state index is 12.9. The first kappa shape index (κ1) is 12.3. The molecule has 1 heterocycles. The van der Waals surface area contributed by atoms with E-state index in [-0.39, 0.29) is 18.8 Å². The zero-order valence-electron chi connectivity index (χ0n) is 9.28. The van der Waals surface area contributed by atoms with Gasteiger partial charge in [-0.05, 0) is 12.1 Å². The van der Waals surface area contributed by atoms with Crippen molar-refractivity contribution >= 4 is 17.7 Å². The van der Waals surface area contributed by atoms with Crippen molar-refractivity contribution in [1.29, 1.82) is 0 Å². The van der Waals surface area contributed by atoms with E-state index < -0.39 is 23.6 Å². The fraction of sp³-hybridized carbons (Fsp3) is 0.273. The number of hydrogen-bond donors (Lipinski definition) is 1. The van der Waals surface area contributed by atoms with E-state index in [1.54, 1.807) is 0 Å². The highest BCUT2D eigenvalue weighted by molar-refractivity contribution is 5.94. The van der Waals surface area contributed by atoms with Crippen molar-refractivity contribution in [3.05, 3.63) is 29.8 Å². The van der Waals surface area contributed by atoms with Gasteiger partial charge >= 0.3 is 6.09 Å². The molecular weight excluding hydrogens is 246 g/mol. The first-order valence-electron chi connectivity index (χ1n) is 5.23. The minimum atomic E-state index is -1.05. The van der Waals surface area contributed by atoms with Gasteiger partial charge in [-0.25, -0.2) is 13.6 Å². The van der Waals surface area contributed by atoms with Crippen LogP contribution in [0.3, 0.4) is 0 Å². The molecule has 0 aliphatic carbocycles. The molecular formula is C11H10F2N2O3. The Balaban J connectivity index is 1.94. The molecule has 2 rings (SSSR count). The lowest BCUT2D eigenvalue weighted by molar-refractivity contribution is -0.116. The second-order valence-electron chi connectivity index (χ2n) is 3.71. The van der Waals surface area contributed by atoms with Gasteiger partial charge in [0.1, 0.15) is 13.2 Å². The van der Waals surface area contributed by atoms with Gasteiger partial charge in [-0.3, -0.25) is 9.69 Å². The van der Waals surface area contributed by atoms with Gasteiger partial charge in [0.25, 0.3) is 0 Å². The summed E-state index contributed by atoms with van der Waals surface area (Å²) in [4.78, 5) is 23.8. The smallest absolute Gasteiger partial charge is 0.410 e. The van der Waals surface area contributed by atoms with Crippen LogP contribution in [-0.4, -0.2) is 36.6 Å². The molecule has 0 bridgehead atoms. The summed E-state index contributed by atoms with van der Waals surface area (Å²) in [6.45, 7) is 0.402. The summed E-state index contributed by atoms with van der Waals surface area (Å²) in [5.74, 6) is -2.54. The standard InChI is InChI=1S/C11H10F2N2O3/c12-8-2-1-7(5-9(8)13)14-10(16)6-15-3-4-18-11(15)17/h1-2,5H,3-4,6H2,(H,14,16). The van der Waals surface area contributed by atoms with Gasteiger partial charge in [0, 0.05) is 11.8 Å². The third kappa shape index (κ3) is 2.73. The zero-order chi connectivity index (χ0) is 13.1. The van der Waals surface area contributed by atoms with E-state index in [2.05, 4.69) is 10.1 Å². The summed E-state index contributed by atoms with van der Waals surface area (Å²) in [6.07, 6.45) is -0.560. The first-order chi connectivity index (χ1) is 8.56. The topological polar surface area (TPSA) is 58.6 Å². The van der Waals surface area contributed by atoms with Crippen LogP contribution < -0.4 is 5.32 Å². The second-order valence-corrected chi connectivity index (χ2v) is 3.71. The van der Waals surface area contributed by atoms with Gasteiger partial charge in [-0.15, -0.1) is 0 Å². The molecule has 1 aromatic rings. The first-order valence-corrected chi connectivity index (χ1v) is 5.23. The Labute approximate surface area is 101 Å². The van der Waals surface area contributed by atoms with Crippen LogP contribution in [0.25, 0.3) is 0 Å². The van der Waals surface area contributed by atoms with Gasteiger partial charge in [-0.1, -0.05) is 0 Å². The molecule has 0 saturated carbocycles. The van der Waals surface area contributed by atoms with Crippen molar-refractivity contribution in [3.8, 4) is 0 Å². The average Bonchev–Trinajstić information content (AvgIpc) is 2.70. The van der Waals surface area contributed by atoms with Crippen LogP contribution in [-0.2, 0) is 9.53 Å². The van der Waals surface area contributed by atoms with E-state index in [0.29, 0.717) is 6.54 Å². The number of nitrogens with one attached hydrogen (secondary N) is 1. The Bertz CT molecular complexity index is 493. The predicted octanol–water partition coefficient (Wildman–Crippen LogP) is 1.36. The number of hydrogen-bond acceptors (Lipinski definition) is 3. The predicted molar refractivity (Wildman–Crippen MR) is 57.9 cm³/mol. The van der Waals surface area contributed by atoms with Crippen LogP contribution >= 0.6 is 0 Å². The molecule has 1 aliphatic heterocycles. The molecule has 1 fully saturated rings. The maximum atomic E-state index is 12.9. The van der Waals surface area contributed by atoms with Crippen LogP contribution in [0, 0.1) is 11.6 Å². The number of ether oxygens (including phenoxy) is 1. The van der Waals surface area contributed by atoms with E-state index in [1.165, 1.54) is 11.0 Å². The fourth-order valence-corrected chi connectivity index (χ4v) is 1.52. The van der Waals surface area contributed by atoms with Gasteiger partial charge < -0.3 is 10.1 Å². The third-order valence-electron chi connectivity index (χ3n) is 2.38. The molecule has 18 heavy (non-hydrogen) atoms. The average molecular weight is 256 g/mol. The molecule has 1 saturated heterocycles. The molecule has 0 atom stereocenters. The van der Waals surface area contributed by atoms with Gasteiger partial charge in [-0.2, -0.15) is 0 Å². The van der Waals surface area contributed by atoms with E-state index >= 15 is 0 Å². The largest absolute Gasteiger partial charge is 0.448 e. The Hall–Kier alpha value is -2.18. The number of rotatable bonds is 3. The summed E-state index contributed by atoms with van der Waals surface area (Å²) in [5, 5.41) is 2.36. The SMILES string of the molecule is O=C(CN1CCOC1=O)Nc1ccc(F)c(F)c1. The molecule has 96 valence electrons. The second kappa shape index (κ2) is 4.99. The zero-order valence-corrected chi connectivity index (χ0v) is 9.28. The molecule has 1 N–H and O–H groups in total. The fourth-order valence-electron chi connectivity index (χ4n) is 1.52. The molecule has 0 unspecified atom stereocenters. The summed E-state index contributed by atoms with van der Waals surface area (Å²) in [5.41, 5.74) is 0.131. The van der Waals surface area contributed by atoms with E-state index in [0.717, 1.165) is 12.1 Å². The van der Waals surface area contributed by atoms with E-state index in [9.17, 15) is 18.4 Å². The van der Waals surface area contributed by atoms with Gasteiger partial charge in [0.15, 0.2) is 11.6 Å². The van der Waals surface area contributed by atoms with Crippen LogP contribution in [0.4, 0.5) is 19.3 Å². The van der Waals surface area contributed by atoms with Crippen LogP contribution in [0.5, 0.6) is 0 Å². The number of amides is 2. The summed E-state index contributed by atoms with van der Waals surface area (Å²) < 4.78 is 30.2. The quantitative estimate of drug-likeness (QED) is 0.888. The lowest BCUT2D eigenvalue weighted by atomic mass is 10.3. The summed E-state index contributed by atoms with van der Waals surface area (Å²) >= 11 is 0. The normalized spacial score (nSPS) is 14.6. The van der Waals surface area contributed by atoms with E-state index in [1.807, 2.05) is 0 Å². The highest BCUT2D eigenvalue weighted by Crippen LogP contribution is 2.13. The number of benzene rings is 1. The van der Waals surface area contributed by atoms with Crippen LogP contribution in [0.15, 0.2) is 18.2 Å². The lowest BCUT2D eigenvalue weighted by Crippen LogP contribution is -2.33. The molecule has 2 amide bonds. The van der Waals surface area contributed by atoms with E-state index in [4.69, 9.17) is 0 Å². The maximum Gasteiger partial charge on any atom is 0.410 e. The minimum absolute atomic E-state index is 0.131. The molecule has 1 aromatic carbocycles. The summed E-state index contributed by atoms with van der Waals surface area (Å²) in [7, 11) is 0. The number of carbonyl (C=O) groups excluding carboxylic acids is 2. The summed E-state index contributed by atoms with van der Waals surface area (Å²) in [6, 6.07) is 3.02. The molecule has 0 aromatic heterocycles. The number of cyclic esters (lactones) is 1. The van der Waals surface area contributed by atoms with Gasteiger partial charge in [0.05, 0.1) is 6.54 Å². The van der Waals surface area contributed by atoms with Gasteiger partial charge in [0.2, 0.25) is 5.91 Å². The Morgan fingerprint density at radius 1 is 1.39 bits per heavy atom. The Morgan fingerprint density at radius 3 is 2.78 bits per heavy atom. The Kier molecular flexibility index (Phi) is 3.40. The number of anilines is 1. The number of carbonyl (C=O) groups is 2. The van der Waals surface area contributed by atoms with Crippen molar-refractivity contribution in [2.45, 2.75) is 0 Å². The molecule has 5 nitrogen and oxygen atoms in total. The molecule has 7 heteroatoms.